The highest BCUT2D eigenvalue weighted by Crippen LogP contribution is 2.36. The summed E-state index contributed by atoms with van der Waals surface area (Å²) in [5, 5.41) is 31.1. The SMILES string of the molecule is Cc1ccc(C=O)cc1OCCOC(=O)CCCC=CC[C@@H]1[C@@H](C=CC(O)COc2cccc(C(F)(F)F)c2)[C@H](O)C[C@@H]1O. The van der Waals surface area contributed by atoms with E-state index in [1.807, 2.05) is 19.1 Å². The lowest BCUT2D eigenvalue weighted by Gasteiger charge is -2.19. The van der Waals surface area contributed by atoms with Crippen LogP contribution in [-0.4, -0.2) is 65.7 Å². The Morgan fingerprint density at radius 2 is 1.86 bits per heavy atom. The van der Waals surface area contributed by atoms with Crippen LogP contribution in [0.5, 0.6) is 11.5 Å². The minimum Gasteiger partial charge on any atom is -0.491 e. The average molecular weight is 621 g/mol. The van der Waals surface area contributed by atoms with Crippen molar-refractivity contribution in [2.45, 2.75) is 63.5 Å². The van der Waals surface area contributed by atoms with Crippen molar-refractivity contribution in [2.75, 3.05) is 19.8 Å². The number of hydrogen-bond donors (Lipinski definition) is 3. The molecule has 0 spiro atoms. The van der Waals surface area contributed by atoms with Crippen LogP contribution >= 0.6 is 0 Å². The summed E-state index contributed by atoms with van der Waals surface area (Å²) >= 11 is 0. The monoisotopic (exact) mass is 620 g/mol. The molecule has 2 aromatic rings. The summed E-state index contributed by atoms with van der Waals surface area (Å²) in [7, 11) is 0. The Morgan fingerprint density at radius 1 is 1.07 bits per heavy atom. The van der Waals surface area contributed by atoms with Crippen molar-refractivity contribution in [3.05, 3.63) is 83.5 Å². The number of esters is 1. The van der Waals surface area contributed by atoms with Crippen LogP contribution in [0.1, 0.15) is 53.6 Å². The van der Waals surface area contributed by atoms with Gasteiger partial charge >= 0.3 is 12.1 Å². The van der Waals surface area contributed by atoms with Crippen LogP contribution in [0.4, 0.5) is 13.2 Å². The Labute approximate surface area is 254 Å². The predicted molar refractivity (Wildman–Crippen MR) is 156 cm³/mol. The summed E-state index contributed by atoms with van der Waals surface area (Å²) in [4.78, 5) is 22.9. The van der Waals surface area contributed by atoms with Gasteiger partial charge in [-0.15, -0.1) is 0 Å². The number of aliphatic hydroxyl groups is 3. The van der Waals surface area contributed by atoms with Gasteiger partial charge in [0.2, 0.25) is 0 Å². The van der Waals surface area contributed by atoms with Gasteiger partial charge in [-0.05, 0) is 61.9 Å². The predicted octanol–water partition coefficient (Wildman–Crippen LogP) is 5.22. The maximum atomic E-state index is 12.9. The molecule has 1 saturated carbocycles. The molecule has 1 unspecified atom stereocenters. The number of aldehydes is 1. The molecule has 3 rings (SSSR count). The second kappa shape index (κ2) is 17.0. The zero-order valence-corrected chi connectivity index (χ0v) is 24.5. The van der Waals surface area contributed by atoms with Crippen molar-refractivity contribution in [3.8, 4) is 11.5 Å². The zero-order valence-electron chi connectivity index (χ0n) is 24.5. The van der Waals surface area contributed by atoms with Crippen LogP contribution in [0.15, 0.2) is 66.8 Å². The van der Waals surface area contributed by atoms with Crippen molar-refractivity contribution < 1.29 is 52.3 Å². The minimum absolute atomic E-state index is 0.0258. The maximum absolute atomic E-state index is 12.9. The molecule has 8 nitrogen and oxygen atoms in total. The third-order valence-electron chi connectivity index (χ3n) is 7.33. The van der Waals surface area contributed by atoms with Crippen molar-refractivity contribution in [1.82, 2.24) is 0 Å². The smallest absolute Gasteiger partial charge is 0.416 e. The van der Waals surface area contributed by atoms with E-state index >= 15 is 0 Å². The highest BCUT2D eigenvalue weighted by atomic mass is 19.4. The van der Waals surface area contributed by atoms with Gasteiger partial charge in [-0.1, -0.05) is 42.5 Å². The van der Waals surface area contributed by atoms with E-state index in [-0.39, 0.29) is 50.3 Å². The van der Waals surface area contributed by atoms with E-state index in [0.29, 0.717) is 30.6 Å². The van der Waals surface area contributed by atoms with Gasteiger partial charge in [-0.25, -0.2) is 0 Å². The molecule has 0 saturated heterocycles. The Hall–Kier alpha value is -3.67. The van der Waals surface area contributed by atoms with Crippen molar-refractivity contribution in [1.29, 1.82) is 0 Å². The number of carbonyl (C=O) groups is 2. The number of carbonyl (C=O) groups excluding carboxylic acids is 2. The van der Waals surface area contributed by atoms with Crippen LogP contribution in [0, 0.1) is 18.8 Å². The first kappa shape index (κ1) is 34.8. The van der Waals surface area contributed by atoms with Crippen molar-refractivity contribution >= 4 is 12.3 Å². The number of alkyl halides is 3. The normalized spacial score (nSPS) is 21.1. The fourth-order valence-corrected chi connectivity index (χ4v) is 4.92. The van der Waals surface area contributed by atoms with Crippen molar-refractivity contribution in [3.63, 3.8) is 0 Å². The van der Waals surface area contributed by atoms with Crippen LogP contribution in [0.3, 0.4) is 0 Å². The summed E-state index contributed by atoms with van der Waals surface area (Å²) in [6, 6.07) is 9.47. The van der Waals surface area contributed by atoms with Gasteiger partial charge in [0.25, 0.3) is 0 Å². The van der Waals surface area contributed by atoms with E-state index in [9.17, 15) is 38.1 Å². The Bertz CT molecular complexity index is 1280. The van der Waals surface area contributed by atoms with E-state index in [0.717, 1.165) is 24.0 Å². The molecule has 1 fully saturated rings. The first-order valence-corrected chi connectivity index (χ1v) is 14.5. The van der Waals surface area contributed by atoms with Gasteiger partial charge in [-0.2, -0.15) is 13.2 Å². The molecule has 3 N–H and O–H groups in total. The van der Waals surface area contributed by atoms with Gasteiger partial charge in [0.05, 0.1) is 17.8 Å². The average Bonchev–Trinajstić information content (AvgIpc) is 3.26. The number of unbranched alkanes of at least 4 members (excludes halogenated alkanes) is 1. The molecular weight excluding hydrogens is 581 g/mol. The second-order valence-corrected chi connectivity index (χ2v) is 10.7. The van der Waals surface area contributed by atoms with E-state index in [1.165, 1.54) is 18.2 Å². The molecule has 0 amide bonds. The third-order valence-corrected chi connectivity index (χ3v) is 7.33. The first-order valence-electron chi connectivity index (χ1n) is 14.5. The zero-order chi connectivity index (χ0) is 32.1. The number of hydrogen-bond acceptors (Lipinski definition) is 8. The molecule has 0 aromatic heterocycles. The quantitative estimate of drug-likeness (QED) is 0.101. The standard InChI is InChI=1S/C33H39F3O8/c1-22-11-12-23(20-37)17-31(22)42-15-16-43-32(41)10-5-3-2-4-9-27-28(30(40)19-29(27)39)14-13-25(38)21-44-26-8-6-7-24(18-26)33(34,35)36/h2,4,6-8,11-14,17-18,20,25,27-30,38-40H,3,5,9-10,15-16,19,21H2,1H3/t25?,27-,28-,29+,30-/m1/s1. The van der Waals surface area contributed by atoms with Gasteiger partial charge in [0, 0.05) is 24.3 Å². The fourth-order valence-electron chi connectivity index (χ4n) is 4.92. The Kier molecular flexibility index (Phi) is 13.4. The molecule has 1 aliphatic rings. The van der Waals surface area contributed by atoms with Crippen LogP contribution in [0.2, 0.25) is 0 Å². The minimum atomic E-state index is -4.50. The number of allylic oxidation sites excluding steroid dienone is 2. The molecule has 0 bridgehead atoms. The van der Waals surface area contributed by atoms with E-state index in [2.05, 4.69) is 0 Å². The second-order valence-electron chi connectivity index (χ2n) is 10.7. The van der Waals surface area contributed by atoms with Gasteiger partial charge < -0.3 is 29.5 Å². The lowest BCUT2D eigenvalue weighted by molar-refractivity contribution is -0.144. The van der Waals surface area contributed by atoms with Gasteiger partial charge in [0.1, 0.15) is 43.7 Å². The van der Waals surface area contributed by atoms with Crippen LogP contribution < -0.4 is 9.47 Å². The molecule has 2 aromatic carbocycles. The molecule has 0 heterocycles. The number of aliphatic hydroxyl groups excluding tert-OH is 3. The highest BCUT2D eigenvalue weighted by Gasteiger charge is 2.39. The number of aryl methyl sites for hydroxylation is 1. The largest absolute Gasteiger partial charge is 0.491 e. The first-order chi connectivity index (χ1) is 21.0. The molecular formula is C33H39F3O8. The van der Waals surface area contributed by atoms with Crippen LogP contribution in [-0.2, 0) is 15.7 Å². The molecule has 1 aliphatic carbocycles. The van der Waals surface area contributed by atoms with Gasteiger partial charge in [0.15, 0.2) is 0 Å². The lowest BCUT2D eigenvalue weighted by atomic mass is 9.89. The molecule has 44 heavy (non-hydrogen) atoms. The lowest BCUT2D eigenvalue weighted by Crippen LogP contribution is -2.21. The fraction of sp³-hybridized carbons (Fsp3) is 0.455. The summed E-state index contributed by atoms with van der Waals surface area (Å²) in [6.07, 6.45) is 2.40. The molecule has 0 aliphatic heterocycles. The summed E-state index contributed by atoms with van der Waals surface area (Å²) in [5.74, 6) is -0.542. The van der Waals surface area contributed by atoms with Crippen molar-refractivity contribution in [2.24, 2.45) is 11.8 Å². The topological polar surface area (TPSA) is 123 Å². The molecule has 11 heteroatoms. The molecule has 0 radical (unpaired) electrons. The van der Waals surface area contributed by atoms with E-state index in [4.69, 9.17) is 14.2 Å². The number of benzene rings is 2. The number of rotatable bonds is 16. The Morgan fingerprint density at radius 3 is 2.61 bits per heavy atom. The highest BCUT2D eigenvalue weighted by molar-refractivity contribution is 5.75. The Balaban J connectivity index is 1.35. The maximum Gasteiger partial charge on any atom is 0.416 e. The summed E-state index contributed by atoms with van der Waals surface area (Å²) < 4.78 is 54.7. The van der Waals surface area contributed by atoms with Crippen LogP contribution in [0.25, 0.3) is 0 Å². The molecule has 5 atom stereocenters. The summed E-state index contributed by atoms with van der Waals surface area (Å²) in [5.41, 5.74) is 0.520. The third kappa shape index (κ3) is 11.1. The van der Waals surface area contributed by atoms with E-state index < -0.39 is 36.0 Å². The van der Waals surface area contributed by atoms with Gasteiger partial charge in [-0.3, -0.25) is 9.59 Å². The number of ether oxygens (including phenoxy) is 3. The molecule has 240 valence electrons. The van der Waals surface area contributed by atoms with E-state index in [1.54, 1.807) is 24.3 Å². The number of halogens is 3. The summed E-state index contributed by atoms with van der Waals surface area (Å²) in [6.45, 7) is 1.83.